The van der Waals surface area contributed by atoms with Gasteiger partial charge in [0.15, 0.2) is 0 Å². The Morgan fingerprint density at radius 1 is 0.683 bits per heavy atom. The third-order valence-electron chi connectivity index (χ3n) is 8.80. The molecule has 0 aliphatic carbocycles. The number of rotatable bonds is 7. The smallest absolute Gasteiger partial charge is 0.265 e. The number of carbonyl (C=O) groups excluding carboxylic acids is 3. The predicted molar refractivity (Wildman–Crippen MR) is 158 cm³/mol. The molecule has 7 nitrogen and oxygen atoms in total. The molecule has 204 valence electrons. The molecule has 0 spiro atoms. The zero-order valence-corrected chi connectivity index (χ0v) is 22.8. The van der Waals surface area contributed by atoms with Crippen LogP contribution in [-0.4, -0.2) is 29.2 Å². The van der Waals surface area contributed by atoms with Crippen LogP contribution in [0.15, 0.2) is 57.4 Å². The fraction of sp³-hybridized carbons (Fsp3) is 0.265. The molecule has 4 aromatic carbocycles. The summed E-state index contributed by atoms with van der Waals surface area (Å²) < 4.78 is 12.8. The number of benzene rings is 4. The topological polar surface area (TPSA) is 92.8 Å². The van der Waals surface area contributed by atoms with Gasteiger partial charge in [-0.15, -0.1) is 0 Å². The van der Waals surface area contributed by atoms with Crippen LogP contribution < -0.4 is 5.32 Å². The summed E-state index contributed by atoms with van der Waals surface area (Å²) in [5.41, 5.74) is 4.17. The number of nitrogens with zero attached hydrogens (tertiary/aromatic N) is 1. The highest BCUT2D eigenvalue weighted by molar-refractivity contribution is 6.41. The Labute approximate surface area is 235 Å². The molecule has 7 heteroatoms. The van der Waals surface area contributed by atoms with Crippen LogP contribution in [0.2, 0.25) is 0 Å². The number of nitrogens with one attached hydrogen (secondary N) is 1. The summed E-state index contributed by atoms with van der Waals surface area (Å²) >= 11 is 0. The van der Waals surface area contributed by atoms with E-state index in [1.54, 1.807) is 0 Å². The van der Waals surface area contributed by atoms with Gasteiger partial charge in [0.2, 0.25) is 0 Å². The van der Waals surface area contributed by atoms with Gasteiger partial charge in [-0.2, -0.15) is 0 Å². The number of hydrogen-bond donors (Lipinski definition) is 1. The molecule has 4 heterocycles. The van der Waals surface area contributed by atoms with E-state index in [9.17, 15) is 14.4 Å². The van der Waals surface area contributed by atoms with Crippen LogP contribution in [0.25, 0.3) is 54.6 Å². The molecule has 0 radical (unpaired) electrons. The van der Waals surface area contributed by atoms with E-state index in [4.69, 9.17) is 8.83 Å². The maximum absolute atomic E-state index is 14.4. The first-order chi connectivity index (χ1) is 20.1. The van der Waals surface area contributed by atoms with Crippen LogP contribution in [0.3, 0.4) is 0 Å². The van der Waals surface area contributed by atoms with Gasteiger partial charge in [-0.25, -0.2) is 0 Å². The van der Waals surface area contributed by atoms with Gasteiger partial charge < -0.3 is 14.2 Å². The van der Waals surface area contributed by atoms with Gasteiger partial charge >= 0.3 is 0 Å². The van der Waals surface area contributed by atoms with E-state index in [1.807, 2.05) is 48.5 Å². The SMILES string of the molecule is CCCCCCCCN1C(=O)c2c3oc4ccccc4c3c3c4c(c5oc6ccccc6c5c(c24)C1=O)CNC3=O. The van der Waals surface area contributed by atoms with Gasteiger partial charge in [0.05, 0.1) is 16.7 Å². The lowest BCUT2D eigenvalue weighted by molar-refractivity contribution is 0.0609. The molecule has 0 unspecified atom stereocenters. The third kappa shape index (κ3) is 3.23. The van der Waals surface area contributed by atoms with Crippen LogP contribution >= 0.6 is 0 Å². The number of hydrogen-bond acceptors (Lipinski definition) is 5. The lowest BCUT2D eigenvalue weighted by atomic mass is 9.82. The summed E-state index contributed by atoms with van der Waals surface area (Å²) in [7, 11) is 0. The van der Waals surface area contributed by atoms with Gasteiger partial charge in [0, 0.05) is 51.0 Å². The van der Waals surface area contributed by atoms with Crippen molar-refractivity contribution < 1.29 is 23.2 Å². The minimum Gasteiger partial charge on any atom is -0.456 e. The van der Waals surface area contributed by atoms with Crippen molar-refractivity contribution in [3.63, 3.8) is 0 Å². The summed E-state index contributed by atoms with van der Waals surface area (Å²) in [6.45, 7) is 2.75. The molecule has 0 bridgehead atoms. The molecule has 0 saturated heterocycles. The highest BCUT2D eigenvalue weighted by Crippen LogP contribution is 2.49. The van der Waals surface area contributed by atoms with Crippen molar-refractivity contribution in [1.82, 2.24) is 10.2 Å². The van der Waals surface area contributed by atoms with Crippen molar-refractivity contribution in [2.45, 2.75) is 52.0 Å². The van der Waals surface area contributed by atoms with Crippen LogP contribution in [0.5, 0.6) is 0 Å². The van der Waals surface area contributed by atoms with Gasteiger partial charge in [-0.05, 0) is 18.6 Å². The molecular formula is C34H28N2O5. The van der Waals surface area contributed by atoms with Crippen molar-refractivity contribution in [3.8, 4) is 0 Å². The van der Waals surface area contributed by atoms with Crippen LogP contribution in [0.4, 0.5) is 0 Å². The van der Waals surface area contributed by atoms with Crippen molar-refractivity contribution in [3.05, 3.63) is 70.8 Å². The van der Waals surface area contributed by atoms with E-state index in [0.717, 1.165) is 48.4 Å². The number of furan rings is 2. The molecule has 2 aliphatic heterocycles. The first kappa shape index (κ1) is 24.2. The van der Waals surface area contributed by atoms with E-state index < -0.39 is 0 Å². The van der Waals surface area contributed by atoms with E-state index >= 15 is 0 Å². The summed E-state index contributed by atoms with van der Waals surface area (Å²) in [5, 5.41) is 7.00. The number of unbranched alkanes of at least 4 members (excludes halogenated alkanes) is 5. The summed E-state index contributed by atoms with van der Waals surface area (Å²) in [5.74, 6) is -0.960. The molecule has 2 aliphatic rings. The second kappa shape index (κ2) is 8.93. The van der Waals surface area contributed by atoms with Crippen molar-refractivity contribution in [2.75, 3.05) is 6.54 Å². The number of amides is 3. The summed E-state index contributed by atoms with van der Waals surface area (Å²) in [6, 6.07) is 15.2. The minimum atomic E-state index is -0.365. The van der Waals surface area contributed by atoms with Crippen LogP contribution in [0.1, 0.15) is 82.1 Å². The maximum Gasteiger partial charge on any atom is 0.265 e. The Balaban J connectivity index is 1.48. The Bertz CT molecular complexity index is 2110. The minimum absolute atomic E-state index is 0.240. The third-order valence-corrected chi connectivity index (χ3v) is 8.80. The van der Waals surface area contributed by atoms with E-state index in [1.165, 1.54) is 11.3 Å². The van der Waals surface area contributed by atoms with Gasteiger partial charge in [0.25, 0.3) is 17.7 Å². The Morgan fingerprint density at radius 3 is 2.02 bits per heavy atom. The number of imide groups is 1. The number of fused-ring (bicyclic) bond motifs is 10. The average molecular weight is 545 g/mol. The van der Waals surface area contributed by atoms with E-state index in [-0.39, 0.29) is 24.3 Å². The predicted octanol–water partition coefficient (Wildman–Crippen LogP) is 7.84. The van der Waals surface area contributed by atoms with Gasteiger partial charge in [-0.1, -0.05) is 75.4 Å². The normalized spacial score (nSPS) is 14.9. The van der Waals surface area contributed by atoms with Crippen molar-refractivity contribution in [2.24, 2.45) is 0 Å². The zero-order valence-electron chi connectivity index (χ0n) is 22.8. The highest BCUT2D eigenvalue weighted by atomic mass is 16.3. The largest absolute Gasteiger partial charge is 0.456 e. The molecule has 0 fully saturated rings. The monoisotopic (exact) mass is 544 g/mol. The second-order valence-corrected chi connectivity index (χ2v) is 11.2. The fourth-order valence-electron chi connectivity index (χ4n) is 6.94. The number of carbonyl (C=O) groups is 3. The Morgan fingerprint density at radius 2 is 1.29 bits per heavy atom. The Hall–Kier alpha value is -4.65. The van der Waals surface area contributed by atoms with Crippen molar-refractivity contribution >= 4 is 72.4 Å². The maximum atomic E-state index is 14.4. The van der Waals surface area contributed by atoms with Gasteiger partial charge in [0.1, 0.15) is 22.3 Å². The van der Waals surface area contributed by atoms with E-state index in [2.05, 4.69) is 12.2 Å². The Kier molecular flexibility index (Phi) is 5.26. The van der Waals surface area contributed by atoms with Crippen LogP contribution in [0, 0.1) is 0 Å². The molecule has 6 aromatic rings. The zero-order chi connectivity index (χ0) is 27.8. The second-order valence-electron chi connectivity index (χ2n) is 11.2. The molecule has 41 heavy (non-hydrogen) atoms. The first-order valence-corrected chi connectivity index (χ1v) is 14.5. The fourth-order valence-corrected chi connectivity index (χ4v) is 6.94. The number of para-hydroxylation sites is 2. The average Bonchev–Trinajstić information content (AvgIpc) is 3.56. The van der Waals surface area contributed by atoms with E-state index in [0.29, 0.717) is 67.1 Å². The molecular weight excluding hydrogens is 516 g/mol. The molecule has 0 saturated carbocycles. The molecule has 2 aromatic heterocycles. The molecule has 3 amide bonds. The quantitative estimate of drug-likeness (QED) is 0.163. The first-order valence-electron chi connectivity index (χ1n) is 14.5. The van der Waals surface area contributed by atoms with Crippen molar-refractivity contribution in [1.29, 1.82) is 0 Å². The lowest BCUT2D eigenvalue weighted by Crippen LogP contribution is -2.42. The molecule has 1 N–H and O–H groups in total. The van der Waals surface area contributed by atoms with Crippen LogP contribution in [-0.2, 0) is 6.54 Å². The highest BCUT2D eigenvalue weighted by Gasteiger charge is 2.42. The summed E-state index contributed by atoms with van der Waals surface area (Å²) in [4.78, 5) is 43.7. The van der Waals surface area contributed by atoms with Gasteiger partial charge in [-0.3, -0.25) is 19.3 Å². The standard InChI is InChI=1S/C34H28N2O5/c1-2-3-4-5-6-11-16-36-33(38)28-25-19-13-8-9-14-21(19)40-30(25)20-17-35-32(37)27-23(20)26(28)29(34(36)39)31-24(27)18-12-7-10-15-22(18)41-31/h7-10,12-15H,2-6,11,16-17H2,1H3,(H,35,37). The molecule has 8 rings (SSSR count). The lowest BCUT2D eigenvalue weighted by Gasteiger charge is -2.30. The molecule has 0 atom stereocenters. The summed E-state index contributed by atoms with van der Waals surface area (Å²) in [6.07, 6.45) is 6.25.